The van der Waals surface area contributed by atoms with E-state index in [0.717, 1.165) is 27.3 Å². The average molecular weight is 248 g/mol. The van der Waals surface area contributed by atoms with Crippen molar-refractivity contribution < 1.29 is 0 Å². The second kappa shape index (κ2) is 3.48. The van der Waals surface area contributed by atoms with Gasteiger partial charge >= 0.3 is 0 Å². The summed E-state index contributed by atoms with van der Waals surface area (Å²) in [5.41, 5.74) is 3.44. The highest BCUT2D eigenvalue weighted by molar-refractivity contribution is 6.00. The summed E-state index contributed by atoms with van der Waals surface area (Å²) in [5, 5.41) is 2.11. The first-order chi connectivity index (χ1) is 9.24. The van der Waals surface area contributed by atoms with E-state index in [4.69, 9.17) is 0 Å². The fourth-order valence-corrected chi connectivity index (χ4v) is 2.75. The van der Waals surface area contributed by atoms with Gasteiger partial charge in [-0.15, -0.1) is 0 Å². The van der Waals surface area contributed by atoms with Gasteiger partial charge in [0, 0.05) is 30.2 Å². The van der Waals surface area contributed by atoms with Crippen molar-refractivity contribution in [1.29, 1.82) is 0 Å². The molecule has 0 saturated heterocycles. The van der Waals surface area contributed by atoms with Crippen molar-refractivity contribution in [1.82, 2.24) is 8.97 Å². The summed E-state index contributed by atoms with van der Waals surface area (Å²) >= 11 is 0. The van der Waals surface area contributed by atoms with Gasteiger partial charge in [0.25, 0.3) is 0 Å². The van der Waals surface area contributed by atoms with Gasteiger partial charge in [-0.05, 0) is 42.5 Å². The predicted molar refractivity (Wildman–Crippen MR) is 77.7 cm³/mol. The molecule has 3 aromatic heterocycles. The number of pyridine rings is 2. The second-order valence-corrected chi connectivity index (χ2v) is 4.86. The number of aromatic nitrogens is 2. The highest BCUT2D eigenvalue weighted by Crippen LogP contribution is 2.25. The summed E-state index contributed by atoms with van der Waals surface area (Å²) in [4.78, 5) is 11.5. The van der Waals surface area contributed by atoms with Gasteiger partial charge in [-0.25, -0.2) is 0 Å². The molecule has 0 atom stereocenters. The van der Waals surface area contributed by atoms with Gasteiger partial charge in [-0.2, -0.15) is 0 Å². The highest BCUT2D eigenvalue weighted by Gasteiger charge is 2.06. The number of hydrogen-bond donors (Lipinski definition) is 0. The highest BCUT2D eigenvalue weighted by atomic mass is 16.1. The number of aryl methyl sites for hydroxylation is 1. The third-order valence-corrected chi connectivity index (χ3v) is 3.69. The molecule has 4 rings (SSSR count). The van der Waals surface area contributed by atoms with Crippen LogP contribution in [-0.4, -0.2) is 8.97 Å². The second-order valence-electron chi connectivity index (χ2n) is 4.86. The van der Waals surface area contributed by atoms with E-state index in [-0.39, 0.29) is 5.43 Å². The van der Waals surface area contributed by atoms with Crippen LogP contribution in [0.3, 0.4) is 0 Å². The van der Waals surface area contributed by atoms with Gasteiger partial charge in [0.2, 0.25) is 0 Å². The van der Waals surface area contributed by atoms with E-state index >= 15 is 0 Å². The first-order valence-corrected chi connectivity index (χ1v) is 6.23. The first-order valence-electron chi connectivity index (χ1n) is 6.23. The van der Waals surface area contributed by atoms with E-state index in [1.165, 1.54) is 0 Å². The summed E-state index contributed by atoms with van der Waals surface area (Å²) in [6.45, 7) is 0. The van der Waals surface area contributed by atoms with Crippen LogP contribution in [0.15, 0.2) is 59.7 Å². The van der Waals surface area contributed by atoms with Crippen LogP contribution in [0.4, 0.5) is 0 Å². The van der Waals surface area contributed by atoms with Crippen molar-refractivity contribution in [2.45, 2.75) is 0 Å². The standard InChI is InChI=1S/C16H12N2O/c1-17-8-2-3-16-15(17)7-6-14-13-9-12(19)5-4-11(13)10-18(14)16/h2-10H,1H3. The van der Waals surface area contributed by atoms with Gasteiger partial charge in [0.15, 0.2) is 5.43 Å². The zero-order valence-electron chi connectivity index (χ0n) is 10.5. The summed E-state index contributed by atoms with van der Waals surface area (Å²) < 4.78 is 4.25. The van der Waals surface area contributed by atoms with E-state index in [1.807, 2.05) is 25.4 Å². The van der Waals surface area contributed by atoms with E-state index in [1.54, 1.807) is 12.1 Å². The number of hydrogen-bond acceptors (Lipinski definition) is 1. The lowest BCUT2D eigenvalue weighted by Gasteiger charge is -2.07. The van der Waals surface area contributed by atoms with E-state index in [0.29, 0.717) is 0 Å². The largest absolute Gasteiger partial charge is 0.349 e. The SMILES string of the molecule is Cn1cccc2c1ccc1c3cc(=O)ccc3cn12. The summed E-state index contributed by atoms with van der Waals surface area (Å²) in [7, 11) is 2.03. The van der Waals surface area contributed by atoms with Crippen molar-refractivity contribution in [2.75, 3.05) is 0 Å². The average Bonchev–Trinajstić information content (AvgIpc) is 2.77. The maximum atomic E-state index is 11.5. The molecule has 0 saturated carbocycles. The molecule has 0 amide bonds. The van der Waals surface area contributed by atoms with E-state index < -0.39 is 0 Å². The van der Waals surface area contributed by atoms with Crippen molar-refractivity contribution in [2.24, 2.45) is 7.05 Å². The molecule has 0 N–H and O–H groups in total. The molecule has 0 spiro atoms. The van der Waals surface area contributed by atoms with Crippen molar-refractivity contribution >= 4 is 27.3 Å². The molecule has 1 aromatic carbocycles. The topological polar surface area (TPSA) is 26.4 Å². The normalized spacial score (nSPS) is 11.6. The minimum Gasteiger partial charge on any atom is -0.349 e. The molecule has 4 aromatic rings. The molecule has 3 nitrogen and oxygen atoms in total. The van der Waals surface area contributed by atoms with Gasteiger partial charge in [-0.1, -0.05) is 0 Å². The van der Waals surface area contributed by atoms with Crippen molar-refractivity contribution in [3.05, 3.63) is 65.1 Å². The fraction of sp³-hybridized carbons (Fsp3) is 0.0625. The van der Waals surface area contributed by atoms with Crippen LogP contribution in [0.5, 0.6) is 0 Å². The van der Waals surface area contributed by atoms with Crippen LogP contribution in [0.1, 0.15) is 0 Å². The number of nitrogens with zero attached hydrogens (tertiary/aromatic N) is 2. The Kier molecular flexibility index (Phi) is 1.90. The molecule has 0 aliphatic carbocycles. The summed E-state index contributed by atoms with van der Waals surface area (Å²) in [5.74, 6) is 0. The molecule has 0 aliphatic rings. The van der Waals surface area contributed by atoms with Crippen LogP contribution >= 0.6 is 0 Å². The maximum Gasteiger partial charge on any atom is 0.179 e. The zero-order valence-corrected chi connectivity index (χ0v) is 10.5. The maximum absolute atomic E-state index is 11.5. The van der Waals surface area contributed by atoms with Gasteiger partial charge in [0.05, 0.1) is 16.6 Å². The molecule has 3 heterocycles. The van der Waals surface area contributed by atoms with Crippen LogP contribution < -0.4 is 5.43 Å². The van der Waals surface area contributed by atoms with Crippen molar-refractivity contribution in [3.63, 3.8) is 0 Å². The minimum absolute atomic E-state index is 0.0549. The molecular weight excluding hydrogens is 236 g/mol. The summed E-state index contributed by atoms with van der Waals surface area (Å²) in [6.07, 6.45) is 4.12. The third-order valence-electron chi connectivity index (χ3n) is 3.69. The molecule has 19 heavy (non-hydrogen) atoms. The fourth-order valence-electron chi connectivity index (χ4n) is 2.75. The molecule has 0 fully saturated rings. The number of rotatable bonds is 0. The van der Waals surface area contributed by atoms with E-state index in [9.17, 15) is 4.79 Å². The smallest absolute Gasteiger partial charge is 0.179 e. The Labute approximate surface area is 109 Å². The van der Waals surface area contributed by atoms with Crippen LogP contribution in [0.2, 0.25) is 0 Å². The Morgan fingerprint density at radius 2 is 1.79 bits per heavy atom. The zero-order chi connectivity index (χ0) is 13.0. The Balaban J connectivity index is 2.32. The molecule has 0 radical (unpaired) electrons. The lowest BCUT2D eigenvalue weighted by molar-refractivity contribution is 0.948. The Hall–Kier alpha value is -2.55. The molecule has 92 valence electrons. The van der Waals surface area contributed by atoms with Crippen LogP contribution in [0.25, 0.3) is 27.3 Å². The van der Waals surface area contributed by atoms with Gasteiger partial charge < -0.3 is 8.97 Å². The molecule has 0 unspecified atom stereocenters. The van der Waals surface area contributed by atoms with Gasteiger partial charge in [0.1, 0.15) is 0 Å². The monoisotopic (exact) mass is 248 g/mol. The molecular formula is C16H12N2O. The van der Waals surface area contributed by atoms with Crippen LogP contribution in [-0.2, 0) is 7.05 Å². The van der Waals surface area contributed by atoms with Crippen molar-refractivity contribution in [3.8, 4) is 0 Å². The minimum atomic E-state index is 0.0549. The third kappa shape index (κ3) is 1.35. The lowest BCUT2D eigenvalue weighted by Crippen LogP contribution is -1.95. The molecule has 3 heteroatoms. The predicted octanol–water partition coefficient (Wildman–Crippen LogP) is 2.94. The lowest BCUT2D eigenvalue weighted by atomic mass is 10.2. The Morgan fingerprint density at radius 3 is 2.68 bits per heavy atom. The number of benzene rings is 1. The van der Waals surface area contributed by atoms with E-state index in [2.05, 4.69) is 33.4 Å². The van der Waals surface area contributed by atoms with Gasteiger partial charge in [-0.3, -0.25) is 4.79 Å². The number of fused-ring (bicyclic) bond motifs is 5. The molecule has 0 bridgehead atoms. The first kappa shape index (κ1) is 10.4. The Morgan fingerprint density at radius 1 is 0.947 bits per heavy atom. The quantitative estimate of drug-likeness (QED) is 0.470. The van der Waals surface area contributed by atoms with Crippen LogP contribution in [0, 0.1) is 0 Å². The molecule has 0 aliphatic heterocycles. The Bertz CT molecular complexity index is 992. The summed E-state index contributed by atoms with van der Waals surface area (Å²) in [6, 6.07) is 13.5.